The van der Waals surface area contributed by atoms with Gasteiger partial charge >= 0.3 is 0 Å². The first-order chi connectivity index (χ1) is 8.37. The highest BCUT2D eigenvalue weighted by molar-refractivity contribution is 4.96. The van der Waals surface area contributed by atoms with Crippen molar-refractivity contribution in [2.24, 2.45) is 0 Å². The lowest BCUT2D eigenvalue weighted by atomic mass is 9.98. The first-order valence-electron chi connectivity index (χ1n) is 5.80. The molecule has 6 atom stereocenters. The van der Waals surface area contributed by atoms with Gasteiger partial charge in [-0.25, -0.2) is 0 Å². The number of methoxy groups -OCH3 is 2. The molecule has 0 saturated carbocycles. The van der Waals surface area contributed by atoms with Crippen LogP contribution in [0.2, 0.25) is 0 Å². The van der Waals surface area contributed by atoms with Gasteiger partial charge in [0.25, 0.3) is 0 Å². The largest absolute Gasteiger partial charge is 0.388 e. The van der Waals surface area contributed by atoms with Crippen LogP contribution in [0.15, 0.2) is 0 Å². The van der Waals surface area contributed by atoms with Crippen molar-refractivity contribution in [1.82, 2.24) is 0 Å². The van der Waals surface area contributed by atoms with Gasteiger partial charge in [0.15, 0.2) is 6.29 Å². The van der Waals surface area contributed by atoms with Gasteiger partial charge in [-0.3, -0.25) is 0 Å². The quantitative estimate of drug-likeness (QED) is 0.675. The zero-order valence-electron chi connectivity index (χ0n) is 11.0. The molecule has 18 heavy (non-hydrogen) atoms. The predicted octanol–water partition coefficient (Wildman–Crippen LogP) is -0.795. The van der Waals surface area contributed by atoms with E-state index >= 15 is 0 Å². The molecule has 2 N–H and O–H groups in total. The SMILES string of the molecule is CO[C@@]1(C)O[C@H]2[C@H](O[C@]1(C)OC)[C@H](O)OC[C@H]2O. The summed E-state index contributed by atoms with van der Waals surface area (Å²) in [6.07, 6.45) is -3.63. The van der Waals surface area contributed by atoms with E-state index in [0.29, 0.717) is 0 Å². The molecule has 2 saturated heterocycles. The first-order valence-corrected chi connectivity index (χ1v) is 5.80. The number of ether oxygens (including phenoxy) is 5. The molecule has 2 aliphatic rings. The summed E-state index contributed by atoms with van der Waals surface area (Å²) in [5.74, 6) is -2.41. The zero-order chi connectivity index (χ0) is 13.6. The van der Waals surface area contributed by atoms with E-state index in [1.54, 1.807) is 13.8 Å². The Hall–Kier alpha value is -0.280. The van der Waals surface area contributed by atoms with Crippen LogP contribution in [0.25, 0.3) is 0 Å². The third kappa shape index (κ3) is 1.96. The summed E-state index contributed by atoms with van der Waals surface area (Å²) in [5.41, 5.74) is 0. The maximum absolute atomic E-state index is 9.86. The zero-order valence-corrected chi connectivity index (χ0v) is 11.0. The first kappa shape index (κ1) is 14.1. The van der Waals surface area contributed by atoms with Crippen molar-refractivity contribution in [2.75, 3.05) is 20.8 Å². The van der Waals surface area contributed by atoms with E-state index in [0.717, 1.165) is 0 Å². The number of aliphatic hydroxyl groups excluding tert-OH is 2. The van der Waals surface area contributed by atoms with Crippen LogP contribution >= 0.6 is 0 Å². The molecule has 2 heterocycles. The van der Waals surface area contributed by atoms with E-state index in [2.05, 4.69) is 0 Å². The minimum Gasteiger partial charge on any atom is -0.388 e. The minimum absolute atomic E-state index is 0.0187. The van der Waals surface area contributed by atoms with Crippen molar-refractivity contribution >= 4 is 0 Å². The van der Waals surface area contributed by atoms with E-state index in [-0.39, 0.29) is 6.61 Å². The summed E-state index contributed by atoms with van der Waals surface area (Å²) < 4.78 is 27.1. The van der Waals surface area contributed by atoms with Crippen LogP contribution in [-0.4, -0.2) is 67.2 Å². The Balaban J connectivity index is 2.29. The lowest BCUT2D eigenvalue weighted by Crippen LogP contribution is -2.71. The molecule has 0 aromatic heterocycles. The molecule has 0 radical (unpaired) electrons. The fourth-order valence-corrected chi connectivity index (χ4v) is 2.24. The summed E-state index contributed by atoms with van der Waals surface area (Å²) in [5, 5.41) is 19.6. The van der Waals surface area contributed by atoms with Gasteiger partial charge in [0.1, 0.15) is 18.3 Å². The molecule has 0 amide bonds. The molecule has 0 aromatic rings. The van der Waals surface area contributed by atoms with Crippen molar-refractivity contribution < 1.29 is 33.9 Å². The fraction of sp³-hybridized carbons (Fsp3) is 1.00. The molecule has 7 nitrogen and oxygen atoms in total. The lowest BCUT2D eigenvalue weighted by molar-refractivity contribution is -0.477. The van der Waals surface area contributed by atoms with Gasteiger partial charge in [0, 0.05) is 14.2 Å². The molecule has 106 valence electrons. The average molecular weight is 264 g/mol. The third-order valence-corrected chi connectivity index (χ3v) is 3.75. The van der Waals surface area contributed by atoms with Gasteiger partial charge in [-0.2, -0.15) is 0 Å². The molecular formula is C11H20O7. The van der Waals surface area contributed by atoms with Gasteiger partial charge in [-0.05, 0) is 13.8 Å². The monoisotopic (exact) mass is 264 g/mol. The van der Waals surface area contributed by atoms with Gasteiger partial charge in [0.2, 0.25) is 11.6 Å². The highest BCUT2D eigenvalue weighted by Crippen LogP contribution is 2.42. The fourth-order valence-electron chi connectivity index (χ4n) is 2.24. The number of aliphatic hydroxyl groups is 2. The van der Waals surface area contributed by atoms with Crippen molar-refractivity contribution in [2.45, 2.75) is 50.0 Å². The Morgan fingerprint density at radius 3 is 2.00 bits per heavy atom. The number of fused-ring (bicyclic) bond motifs is 1. The topological polar surface area (TPSA) is 86.6 Å². The maximum Gasteiger partial charge on any atom is 0.220 e. The summed E-state index contributed by atoms with van der Waals surface area (Å²) in [7, 11) is 2.91. The molecule has 2 fully saturated rings. The van der Waals surface area contributed by atoms with E-state index in [1.165, 1.54) is 14.2 Å². The lowest BCUT2D eigenvalue weighted by Gasteiger charge is -2.54. The van der Waals surface area contributed by atoms with Crippen LogP contribution in [0.1, 0.15) is 13.8 Å². The predicted molar refractivity (Wildman–Crippen MR) is 58.5 cm³/mol. The molecule has 0 unspecified atom stereocenters. The summed E-state index contributed by atoms with van der Waals surface area (Å²) in [4.78, 5) is 0. The smallest absolute Gasteiger partial charge is 0.220 e. The van der Waals surface area contributed by atoms with Crippen molar-refractivity contribution in [3.8, 4) is 0 Å². The van der Waals surface area contributed by atoms with Crippen LogP contribution in [0, 0.1) is 0 Å². The average Bonchev–Trinajstić information content (AvgIpc) is 2.36. The number of rotatable bonds is 2. The maximum atomic E-state index is 9.86. The van der Waals surface area contributed by atoms with Crippen LogP contribution in [0.4, 0.5) is 0 Å². The highest BCUT2D eigenvalue weighted by atomic mass is 16.8. The Morgan fingerprint density at radius 2 is 1.50 bits per heavy atom. The molecule has 0 aliphatic carbocycles. The van der Waals surface area contributed by atoms with Gasteiger partial charge in [-0.1, -0.05) is 0 Å². The molecule has 0 bridgehead atoms. The van der Waals surface area contributed by atoms with Crippen LogP contribution in [-0.2, 0) is 23.7 Å². The number of hydrogen-bond acceptors (Lipinski definition) is 7. The molecule has 2 rings (SSSR count). The molecule has 0 spiro atoms. The van der Waals surface area contributed by atoms with E-state index in [4.69, 9.17) is 23.7 Å². The van der Waals surface area contributed by atoms with Crippen molar-refractivity contribution in [3.05, 3.63) is 0 Å². The normalized spacial score (nSPS) is 53.0. The summed E-state index contributed by atoms with van der Waals surface area (Å²) >= 11 is 0. The number of hydrogen-bond donors (Lipinski definition) is 2. The summed E-state index contributed by atoms with van der Waals surface area (Å²) in [6, 6.07) is 0. The van der Waals surface area contributed by atoms with E-state index in [1.807, 2.05) is 0 Å². The van der Waals surface area contributed by atoms with Gasteiger partial charge in [0.05, 0.1) is 6.61 Å². The molecule has 7 heteroatoms. The van der Waals surface area contributed by atoms with E-state index < -0.39 is 36.2 Å². The second kappa shape index (κ2) is 4.68. The van der Waals surface area contributed by atoms with Crippen LogP contribution in [0.3, 0.4) is 0 Å². The summed E-state index contributed by atoms with van der Waals surface area (Å²) in [6.45, 7) is 3.27. The van der Waals surface area contributed by atoms with Crippen molar-refractivity contribution in [1.29, 1.82) is 0 Å². The Kier molecular flexibility index (Phi) is 3.67. The Bertz CT molecular complexity index is 282. The van der Waals surface area contributed by atoms with Crippen LogP contribution in [0.5, 0.6) is 0 Å². The molecule has 2 aliphatic heterocycles. The minimum atomic E-state index is -1.22. The Morgan fingerprint density at radius 1 is 1.00 bits per heavy atom. The second-order valence-electron chi connectivity index (χ2n) is 4.76. The van der Waals surface area contributed by atoms with Crippen LogP contribution < -0.4 is 0 Å². The standard InChI is InChI=1S/C11H20O7/c1-10(14-3)11(2,15-4)18-8-7(17-10)6(12)5-16-9(8)13/h6-9,12-13H,5H2,1-4H3/t6-,7-,8+,9-,10+,11+/m1/s1. The molecular weight excluding hydrogens is 244 g/mol. The van der Waals surface area contributed by atoms with E-state index in [9.17, 15) is 10.2 Å². The van der Waals surface area contributed by atoms with Crippen molar-refractivity contribution in [3.63, 3.8) is 0 Å². The Labute approximate surface area is 106 Å². The van der Waals surface area contributed by atoms with Gasteiger partial charge < -0.3 is 33.9 Å². The molecule has 0 aromatic carbocycles. The highest BCUT2D eigenvalue weighted by Gasteiger charge is 2.60. The van der Waals surface area contributed by atoms with Gasteiger partial charge in [-0.15, -0.1) is 0 Å². The third-order valence-electron chi connectivity index (χ3n) is 3.75. The second-order valence-corrected chi connectivity index (χ2v) is 4.76.